The number of hydrogen-bond acceptors (Lipinski definition) is 3. The fourth-order valence-electron chi connectivity index (χ4n) is 2.84. The quantitative estimate of drug-likeness (QED) is 0.833. The topological polar surface area (TPSA) is 49.8 Å². The zero-order chi connectivity index (χ0) is 18.6. The van der Waals surface area contributed by atoms with E-state index in [4.69, 9.17) is 4.74 Å². The SMILES string of the molecule is C=CN1C(C(C)OCc2ccccc2F)=C(C)C(C(=O)O)=C/C1=C/C. The number of carbonyl (C=O) groups is 1. The monoisotopic (exact) mass is 343 g/mol. The molecule has 0 aliphatic carbocycles. The van der Waals surface area contributed by atoms with Gasteiger partial charge >= 0.3 is 5.97 Å². The first-order chi connectivity index (χ1) is 11.9. The maximum Gasteiger partial charge on any atom is 0.336 e. The zero-order valence-electron chi connectivity index (χ0n) is 14.6. The third-order valence-electron chi connectivity index (χ3n) is 4.16. The normalized spacial score (nSPS) is 17.5. The molecule has 1 aromatic rings. The molecule has 0 saturated heterocycles. The first kappa shape index (κ1) is 18.7. The maximum atomic E-state index is 13.8. The van der Waals surface area contributed by atoms with Gasteiger partial charge in [-0.1, -0.05) is 30.9 Å². The van der Waals surface area contributed by atoms with Crippen molar-refractivity contribution >= 4 is 5.97 Å². The van der Waals surface area contributed by atoms with Gasteiger partial charge in [0.25, 0.3) is 0 Å². The summed E-state index contributed by atoms with van der Waals surface area (Å²) in [5, 5.41) is 9.46. The molecule has 1 atom stereocenters. The Balaban J connectivity index is 2.33. The lowest BCUT2D eigenvalue weighted by molar-refractivity contribution is -0.132. The van der Waals surface area contributed by atoms with Crippen molar-refractivity contribution < 1.29 is 19.0 Å². The van der Waals surface area contributed by atoms with Gasteiger partial charge in [-0.15, -0.1) is 0 Å². The summed E-state index contributed by atoms with van der Waals surface area (Å²) in [6, 6.07) is 6.41. The number of halogens is 1. The number of hydrogen-bond donors (Lipinski definition) is 1. The van der Waals surface area contributed by atoms with E-state index in [9.17, 15) is 14.3 Å². The van der Waals surface area contributed by atoms with Gasteiger partial charge in [0, 0.05) is 17.5 Å². The molecule has 5 heteroatoms. The van der Waals surface area contributed by atoms with Gasteiger partial charge in [0.1, 0.15) is 5.82 Å². The smallest absolute Gasteiger partial charge is 0.336 e. The average molecular weight is 343 g/mol. The number of nitrogens with zero attached hydrogens (tertiary/aromatic N) is 1. The van der Waals surface area contributed by atoms with Gasteiger partial charge in [-0.05, 0) is 38.5 Å². The summed E-state index contributed by atoms with van der Waals surface area (Å²) < 4.78 is 19.6. The molecular weight excluding hydrogens is 321 g/mol. The van der Waals surface area contributed by atoms with Gasteiger partial charge < -0.3 is 14.7 Å². The molecule has 1 aliphatic heterocycles. The summed E-state index contributed by atoms with van der Waals surface area (Å²) >= 11 is 0. The Morgan fingerprint density at radius 3 is 2.68 bits per heavy atom. The molecule has 1 N–H and O–H groups in total. The number of carboxylic acids is 1. The van der Waals surface area contributed by atoms with Crippen molar-refractivity contribution in [3.05, 3.63) is 83.1 Å². The first-order valence-electron chi connectivity index (χ1n) is 8.00. The number of ether oxygens (including phenoxy) is 1. The molecule has 0 fully saturated rings. The van der Waals surface area contributed by atoms with Crippen LogP contribution in [0, 0.1) is 5.82 Å². The van der Waals surface area contributed by atoms with Crippen molar-refractivity contribution in [2.45, 2.75) is 33.5 Å². The van der Waals surface area contributed by atoms with Gasteiger partial charge in [-0.25, -0.2) is 9.18 Å². The predicted molar refractivity (Wildman–Crippen MR) is 94.9 cm³/mol. The lowest BCUT2D eigenvalue weighted by Crippen LogP contribution is -2.30. The van der Waals surface area contributed by atoms with Gasteiger partial charge in [-0.3, -0.25) is 0 Å². The van der Waals surface area contributed by atoms with Crippen LogP contribution in [-0.2, 0) is 16.1 Å². The van der Waals surface area contributed by atoms with E-state index in [1.54, 1.807) is 48.4 Å². The fraction of sp³-hybridized carbons (Fsp3) is 0.250. The molecule has 1 unspecified atom stereocenters. The molecular formula is C20H22FNO3. The van der Waals surface area contributed by atoms with Gasteiger partial charge in [0.2, 0.25) is 0 Å². The molecule has 1 aliphatic rings. The number of allylic oxidation sites excluding steroid dienone is 2. The summed E-state index contributed by atoms with van der Waals surface area (Å²) in [6.07, 6.45) is 4.58. The lowest BCUT2D eigenvalue weighted by atomic mass is 9.96. The number of carboxylic acid groups (broad SMARTS) is 1. The standard InChI is InChI=1S/C20H22FNO3/c1-5-16-11-17(20(23)24)13(3)19(22(16)6-2)14(4)25-12-15-9-7-8-10-18(15)21/h5-11,14H,2,12H2,1,3-4H3,(H,23,24)/b16-5-. The maximum absolute atomic E-state index is 13.8. The highest BCUT2D eigenvalue weighted by Gasteiger charge is 2.28. The highest BCUT2D eigenvalue weighted by molar-refractivity contribution is 5.93. The second-order valence-corrected chi connectivity index (χ2v) is 5.68. The number of aliphatic carboxylic acids is 1. The molecule has 1 heterocycles. The summed E-state index contributed by atoms with van der Waals surface area (Å²) in [5.74, 6) is -1.33. The van der Waals surface area contributed by atoms with Crippen LogP contribution in [0.2, 0.25) is 0 Å². The van der Waals surface area contributed by atoms with Gasteiger partial charge in [0.05, 0.1) is 24.0 Å². The lowest BCUT2D eigenvalue weighted by Gasteiger charge is -2.34. The summed E-state index contributed by atoms with van der Waals surface area (Å²) in [7, 11) is 0. The summed E-state index contributed by atoms with van der Waals surface area (Å²) in [6.45, 7) is 9.28. The van der Waals surface area contributed by atoms with Gasteiger partial charge in [0.15, 0.2) is 0 Å². The van der Waals surface area contributed by atoms with E-state index < -0.39 is 12.1 Å². The Bertz CT molecular complexity index is 777. The third-order valence-corrected chi connectivity index (χ3v) is 4.16. The van der Waals surface area contributed by atoms with E-state index in [0.29, 0.717) is 22.5 Å². The van der Waals surface area contributed by atoms with Crippen LogP contribution in [0.4, 0.5) is 4.39 Å². The first-order valence-corrected chi connectivity index (χ1v) is 8.00. The third kappa shape index (κ3) is 3.88. The van der Waals surface area contributed by atoms with Crippen LogP contribution in [0.25, 0.3) is 0 Å². The molecule has 2 rings (SSSR count). The van der Waals surface area contributed by atoms with Crippen molar-refractivity contribution in [1.82, 2.24) is 4.90 Å². The number of benzene rings is 1. The van der Waals surface area contributed by atoms with Crippen LogP contribution >= 0.6 is 0 Å². The molecule has 0 bridgehead atoms. The van der Waals surface area contributed by atoms with E-state index in [1.807, 2.05) is 13.8 Å². The second kappa shape index (κ2) is 7.94. The summed E-state index contributed by atoms with van der Waals surface area (Å²) in [4.78, 5) is 13.3. The second-order valence-electron chi connectivity index (χ2n) is 5.68. The molecule has 0 aromatic heterocycles. The minimum atomic E-state index is -1.00. The predicted octanol–water partition coefficient (Wildman–Crippen LogP) is 4.38. The Hall–Kier alpha value is -2.66. The van der Waals surface area contributed by atoms with E-state index in [2.05, 4.69) is 6.58 Å². The molecule has 0 spiro atoms. The van der Waals surface area contributed by atoms with E-state index in [-0.39, 0.29) is 18.0 Å². The Morgan fingerprint density at radius 2 is 2.12 bits per heavy atom. The molecule has 25 heavy (non-hydrogen) atoms. The van der Waals surface area contributed by atoms with Crippen LogP contribution in [0.15, 0.2) is 71.7 Å². The molecule has 1 aromatic carbocycles. The molecule has 4 nitrogen and oxygen atoms in total. The van der Waals surface area contributed by atoms with Gasteiger partial charge in [-0.2, -0.15) is 0 Å². The highest BCUT2D eigenvalue weighted by atomic mass is 19.1. The van der Waals surface area contributed by atoms with Crippen molar-refractivity contribution in [2.75, 3.05) is 0 Å². The van der Waals surface area contributed by atoms with Crippen molar-refractivity contribution in [2.24, 2.45) is 0 Å². The largest absolute Gasteiger partial charge is 0.478 e. The van der Waals surface area contributed by atoms with Crippen molar-refractivity contribution in [1.29, 1.82) is 0 Å². The minimum Gasteiger partial charge on any atom is -0.478 e. The van der Waals surface area contributed by atoms with E-state index in [1.165, 1.54) is 6.07 Å². The molecule has 132 valence electrons. The van der Waals surface area contributed by atoms with Crippen LogP contribution in [0.5, 0.6) is 0 Å². The van der Waals surface area contributed by atoms with Crippen LogP contribution in [-0.4, -0.2) is 22.1 Å². The van der Waals surface area contributed by atoms with E-state index >= 15 is 0 Å². The van der Waals surface area contributed by atoms with Crippen molar-refractivity contribution in [3.63, 3.8) is 0 Å². The molecule has 0 saturated carbocycles. The van der Waals surface area contributed by atoms with Crippen molar-refractivity contribution in [3.8, 4) is 0 Å². The average Bonchev–Trinajstić information content (AvgIpc) is 2.59. The molecule has 0 radical (unpaired) electrons. The zero-order valence-corrected chi connectivity index (χ0v) is 14.6. The Morgan fingerprint density at radius 1 is 1.44 bits per heavy atom. The van der Waals surface area contributed by atoms with Crippen LogP contribution < -0.4 is 0 Å². The number of rotatable bonds is 6. The minimum absolute atomic E-state index is 0.0902. The Labute approximate surface area is 147 Å². The highest BCUT2D eigenvalue weighted by Crippen LogP contribution is 2.32. The Kier molecular flexibility index (Phi) is 5.93. The fourth-order valence-corrected chi connectivity index (χ4v) is 2.84. The summed E-state index contributed by atoms with van der Waals surface area (Å²) in [5.41, 5.74) is 2.64. The van der Waals surface area contributed by atoms with E-state index in [0.717, 1.165) is 0 Å². The molecule has 0 amide bonds. The van der Waals surface area contributed by atoms with Crippen LogP contribution in [0.1, 0.15) is 26.3 Å². The van der Waals surface area contributed by atoms with Crippen LogP contribution in [0.3, 0.4) is 0 Å².